The maximum Gasteiger partial charge on any atom is 0.255 e. The van der Waals surface area contributed by atoms with Crippen LogP contribution in [-0.4, -0.2) is 25.8 Å². The minimum absolute atomic E-state index is 0.0351. The van der Waals surface area contributed by atoms with E-state index >= 15 is 0 Å². The molecule has 5 aliphatic rings. The summed E-state index contributed by atoms with van der Waals surface area (Å²) in [6, 6.07) is 9.69. The van der Waals surface area contributed by atoms with Crippen molar-refractivity contribution in [3.63, 3.8) is 0 Å². The molecule has 3 aromatic rings. The lowest BCUT2D eigenvalue weighted by Gasteiger charge is -2.60. The van der Waals surface area contributed by atoms with Crippen molar-refractivity contribution in [2.24, 2.45) is 23.2 Å². The fourth-order valence-corrected chi connectivity index (χ4v) is 8.13. The largest absolute Gasteiger partial charge is 0.390 e. The second-order valence-electron chi connectivity index (χ2n) is 11.4. The molecule has 1 atom stereocenters. The molecular weight excluding hydrogens is 438 g/mol. The summed E-state index contributed by atoms with van der Waals surface area (Å²) in [6.45, 7) is 1.89. The lowest BCUT2D eigenvalue weighted by Crippen LogP contribution is -2.52. The topological polar surface area (TPSA) is 92.1 Å². The van der Waals surface area contributed by atoms with Crippen LogP contribution < -0.4 is 10.6 Å². The zero-order chi connectivity index (χ0) is 23.7. The number of anilines is 2. The number of aliphatic hydroxyl groups is 1. The normalized spacial score (nSPS) is 30.9. The molecule has 4 bridgehead atoms. The third-order valence-corrected chi connectivity index (χ3v) is 8.99. The van der Waals surface area contributed by atoms with Crippen LogP contribution in [0, 0.1) is 23.2 Å². The van der Waals surface area contributed by atoms with Gasteiger partial charge in [-0.1, -0.05) is 6.07 Å². The Morgan fingerprint density at radius 1 is 1.11 bits per heavy atom. The van der Waals surface area contributed by atoms with Crippen LogP contribution in [0.1, 0.15) is 57.2 Å². The van der Waals surface area contributed by atoms with Crippen molar-refractivity contribution < 1.29 is 9.90 Å². The van der Waals surface area contributed by atoms with E-state index in [2.05, 4.69) is 15.6 Å². The van der Waals surface area contributed by atoms with Crippen molar-refractivity contribution in [3.05, 3.63) is 59.7 Å². The number of fused-ring (bicyclic) bond motifs is 2. The first-order chi connectivity index (χ1) is 17.0. The van der Waals surface area contributed by atoms with Crippen LogP contribution in [0.5, 0.6) is 0 Å². The number of nitrogens with one attached hydrogen (secondary N) is 2. The highest BCUT2D eigenvalue weighted by atomic mass is 16.3. The van der Waals surface area contributed by atoms with Crippen LogP contribution in [-0.2, 0) is 11.4 Å². The predicted molar refractivity (Wildman–Crippen MR) is 134 cm³/mol. The number of allylic oxidation sites excluding steroid dienone is 1. The van der Waals surface area contributed by atoms with E-state index in [0.717, 1.165) is 70.6 Å². The average molecular weight is 470 g/mol. The summed E-state index contributed by atoms with van der Waals surface area (Å²) < 4.78 is 2.02. The summed E-state index contributed by atoms with van der Waals surface area (Å²) in [6.07, 6.45) is 11.1. The number of aromatic nitrogens is 3. The summed E-state index contributed by atoms with van der Waals surface area (Å²) in [5.74, 6) is 3.07. The van der Waals surface area contributed by atoms with E-state index in [9.17, 15) is 9.90 Å². The van der Waals surface area contributed by atoms with Gasteiger partial charge in [0.2, 0.25) is 0 Å². The molecule has 1 aliphatic heterocycles. The van der Waals surface area contributed by atoms with E-state index in [1.807, 2.05) is 48.1 Å². The minimum Gasteiger partial charge on any atom is -0.390 e. The number of amides is 1. The number of rotatable bonds is 4. The number of carbonyl (C=O) groups excluding carboxylic acids is 1. The highest BCUT2D eigenvalue weighted by molar-refractivity contribution is 6.06. The molecule has 4 saturated carbocycles. The van der Waals surface area contributed by atoms with E-state index in [0.29, 0.717) is 5.69 Å². The van der Waals surface area contributed by atoms with Gasteiger partial charge in [0.1, 0.15) is 5.82 Å². The molecule has 2 aromatic heterocycles. The minimum atomic E-state index is -0.128. The Balaban J connectivity index is 1.30. The SMILES string of the molecule is CC1=C(C(=O)Nc2ccc3cnccc3c2)C(C23CC4CC(CC(C4)C2)C3)n2nc(CO)cc2N1. The highest BCUT2D eigenvalue weighted by Gasteiger charge is 2.57. The van der Waals surface area contributed by atoms with Gasteiger partial charge in [-0.15, -0.1) is 0 Å². The Kier molecular flexibility index (Phi) is 4.62. The summed E-state index contributed by atoms with van der Waals surface area (Å²) in [4.78, 5) is 18.2. The third kappa shape index (κ3) is 3.32. The Hall–Kier alpha value is -3.19. The number of hydrogen-bond acceptors (Lipinski definition) is 5. The van der Waals surface area contributed by atoms with Crippen LogP contribution in [0.15, 0.2) is 54.0 Å². The number of hydrogen-bond donors (Lipinski definition) is 3. The van der Waals surface area contributed by atoms with Gasteiger partial charge in [-0.3, -0.25) is 9.78 Å². The summed E-state index contributed by atoms with van der Waals surface area (Å²) in [5.41, 5.74) is 3.11. The summed E-state index contributed by atoms with van der Waals surface area (Å²) >= 11 is 0. The molecule has 7 nitrogen and oxygen atoms in total. The van der Waals surface area contributed by atoms with Gasteiger partial charge in [0.05, 0.1) is 23.9 Å². The number of aliphatic hydroxyl groups excluding tert-OH is 1. The van der Waals surface area contributed by atoms with Gasteiger partial charge in [-0.05, 0) is 92.2 Å². The average Bonchev–Trinajstić information content (AvgIpc) is 3.24. The van der Waals surface area contributed by atoms with Gasteiger partial charge in [0.15, 0.2) is 0 Å². The Bertz CT molecular complexity index is 1340. The monoisotopic (exact) mass is 469 g/mol. The van der Waals surface area contributed by atoms with E-state index < -0.39 is 0 Å². The number of carbonyl (C=O) groups is 1. The van der Waals surface area contributed by atoms with E-state index in [1.54, 1.807) is 6.20 Å². The molecule has 4 fully saturated rings. The molecule has 3 heterocycles. The first-order valence-corrected chi connectivity index (χ1v) is 12.8. The molecule has 7 heteroatoms. The Morgan fingerprint density at radius 3 is 2.57 bits per heavy atom. The van der Waals surface area contributed by atoms with E-state index in [1.165, 1.54) is 19.3 Å². The van der Waals surface area contributed by atoms with Crippen molar-refractivity contribution >= 4 is 28.2 Å². The van der Waals surface area contributed by atoms with Crippen LogP contribution in [0.25, 0.3) is 10.8 Å². The second kappa shape index (κ2) is 7.65. The van der Waals surface area contributed by atoms with Crippen molar-refractivity contribution in [2.75, 3.05) is 10.6 Å². The van der Waals surface area contributed by atoms with Gasteiger partial charge in [-0.2, -0.15) is 5.10 Å². The molecule has 0 saturated heterocycles. The van der Waals surface area contributed by atoms with Gasteiger partial charge in [-0.25, -0.2) is 4.68 Å². The van der Waals surface area contributed by atoms with Crippen molar-refractivity contribution in [1.82, 2.24) is 14.8 Å². The molecule has 1 aromatic carbocycles. The zero-order valence-electron chi connectivity index (χ0n) is 20.0. The fourth-order valence-electron chi connectivity index (χ4n) is 8.13. The molecule has 1 amide bonds. The first kappa shape index (κ1) is 21.1. The van der Waals surface area contributed by atoms with E-state index in [4.69, 9.17) is 5.10 Å². The van der Waals surface area contributed by atoms with Crippen LogP contribution in [0.2, 0.25) is 0 Å². The van der Waals surface area contributed by atoms with Crippen LogP contribution in [0.4, 0.5) is 11.5 Å². The van der Waals surface area contributed by atoms with Crippen molar-refractivity contribution in [2.45, 2.75) is 58.1 Å². The number of pyridine rings is 1. The quantitative estimate of drug-likeness (QED) is 0.499. The van der Waals surface area contributed by atoms with Gasteiger partial charge < -0.3 is 15.7 Å². The molecule has 180 valence electrons. The second-order valence-corrected chi connectivity index (χ2v) is 11.4. The van der Waals surface area contributed by atoms with Crippen LogP contribution in [0.3, 0.4) is 0 Å². The number of nitrogens with zero attached hydrogens (tertiary/aromatic N) is 3. The summed E-state index contributed by atoms with van der Waals surface area (Å²) in [5, 5.41) is 23.3. The fraction of sp³-hybridized carbons (Fsp3) is 0.464. The van der Waals surface area contributed by atoms with Gasteiger partial charge in [0, 0.05) is 35.2 Å². The Labute approximate surface area is 204 Å². The van der Waals surface area contributed by atoms with Crippen molar-refractivity contribution in [3.8, 4) is 0 Å². The van der Waals surface area contributed by atoms with E-state index in [-0.39, 0.29) is 24.0 Å². The molecule has 1 unspecified atom stereocenters. The third-order valence-electron chi connectivity index (χ3n) is 8.99. The summed E-state index contributed by atoms with van der Waals surface area (Å²) in [7, 11) is 0. The van der Waals surface area contributed by atoms with Gasteiger partial charge >= 0.3 is 0 Å². The van der Waals surface area contributed by atoms with Crippen LogP contribution >= 0.6 is 0 Å². The molecular formula is C28H31N5O2. The molecule has 35 heavy (non-hydrogen) atoms. The molecule has 8 rings (SSSR count). The predicted octanol–water partition coefficient (Wildman–Crippen LogP) is 5.02. The standard InChI is InChI=1S/C28H31N5O2/c1-16-25(27(35)31-22-3-2-21-14-29-5-4-20(21)9-22)26(33-24(30-16)10-23(15-34)32-33)28-11-17-6-18(12-28)8-19(7-17)13-28/h2-5,9-10,14,17-19,26,30,34H,6-8,11-13,15H2,1H3,(H,31,35). The van der Waals surface area contributed by atoms with Crippen molar-refractivity contribution in [1.29, 1.82) is 0 Å². The highest BCUT2D eigenvalue weighted by Crippen LogP contribution is 2.65. The molecule has 3 N–H and O–H groups in total. The molecule has 4 aliphatic carbocycles. The maximum absolute atomic E-state index is 14.0. The number of benzene rings is 1. The first-order valence-electron chi connectivity index (χ1n) is 12.8. The Morgan fingerprint density at radius 2 is 1.86 bits per heavy atom. The maximum atomic E-state index is 14.0. The lowest BCUT2D eigenvalue weighted by atomic mass is 9.47. The molecule has 0 spiro atoms. The smallest absolute Gasteiger partial charge is 0.255 e. The zero-order valence-corrected chi connectivity index (χ0v) is 20.0. The lowest BCUT2D eigenvalue weighted by molar-refractivity contribution is -0.116. The van der Waals surface area contributed by atoms with Gasteiger partial charge in [0.25, 0.3) is 5.91 Å². The molecule has 0 radical (unpaired) electrons.